The van der Waals surface area contributed by atoms with E-state index in [9.17, 15) is 5.11 Å². The highest BCUT2D eigenvalue weighted by molar-refractivity contribution is 9.10. The second kappa shape index (κ2) is 6.33. The van der Waals surface area contributed by atoms with Crippen LogP contribution in [0, 0.1) is 0 Å². The number of nitrogens with one attached hydrogen (secondary N) is 1. The zero-order chi connectivity index (χ0) is 14.8. The van der Waals surface area contributed by atoms with Crippen LogP contribution >= 0.6 is 15.9 Å². The van der Waals surface area contributed by atoms with Gasteiger partial charge in [-0.1, -0.05) is 0 Å². The molecule has 1 heterocycles. The second-order valence-electron chi connectivity index (χ2n) is 5.81. The SMILES string of the molecule is COc1cc(CNC2CCOC(C)(C)C2)cc(Br)c1O. The molecule has 2 N–H and O–H groups in total. The lowest BCUT2D eigenvalue weighted by atomic mass is 9.94. The highest BCUT2D eigenvalue weighted by atomic mass is 79.9. The van der Waals surface area contributed by atoms with E-state index in [4.69, 9.17) is 9.47 Å². The van der Waals surface area contributed by atoms with E-state index in [1.807, 2.05) is 12.1 Å². The summed E-state index contributed by atoms with van der Waals surface area (Å²) in [6.45, 7) is 5.80. The fourth-order valence-electron chi connectivity index (χ4n) is 2.55. The molecule has 1 atom stereocenters. The molecular weight excluding hydrogens is 322 g/mol. The van der Waals surface area contributed by atoms with Gasteiger partial charge in [0.2, 0.25) is 0 Å². The molecule has 20 heavy (non-hydrogen) atoms. The summed E-state index contributed by atoms with van der Waals surface area (Å²) >= 11 is 3.34. The van der Waals surface area contributed by atoms with Gasteiger partial charge in [0.15, 0.2) is 11.5 Å². The summed E-state index contributed by atoms with van der Waals surface area (Å²) in [5, 5.41) is 13.4. The van der Waals surface area contributed by atoms with E-state index in [-0.39, 0.29) is 11.4 Å². The smallest absolute Gasteiger partial charge is 0.172 e. The quantitative estimate of drug-likeness (QED) is 0.881. The van der Waals surface area contributed by atoms with Crippen LogP contribution in [0.15, 0.2) is 16.6 Å². The summed E-state index contributed by atoms with van der Waals surface area (Å²) in [6.07, 6.45) is 2.03. The minimum Gasteiger partial charge on any atom is -0.503 e. The Kier molecular flexibility index (Phi) is 4.94. The number of methoxy groups -OCH3 is 1. The van der Waals surface area contributed by atoms with Gasteiger partial charge < -0.3 is 19.9 Å². The van der Waals surface area contributed by atoms with Gasteiger partial charge in [0, 0.05) is 19.2 Å². The van der Waals surface area contributed by atoms with Gasteiger partial charge >= 0.3 is 0 Å². The summed E-state index contributed by atoms with van der Waals surface area (Å²) in [6, 6.07) is 4.23. The van der Waals surface area contributed by atoms with Gasteiger partial charge in [-0.15, -0.1) is 0 Å². The van der Waals surface area contributed by atoms with Gasteiger partial charge in [0.1, 0.15) is 0 Å². The number of hydrogen-bond donors (Lipinski definition) is 2. The van der Waals surface area contributed by atoms with Crippen LogP contribution < -0.4 is 10.1 Å². The van der Waals surface area contributed by atoms with Crippen molar-refractivity contribution in [3.05, 3.63) is 22.2 Å². The molecule has 5 heteroatoms. The number of hydrogen-bond acceptors (Lipinski definition) is 4. The van der Waals surface area contributed by atoms with Crippen molar-refractivity contribution in [3.8, 4) is 11.5 Å². The van der Waals surface area contributed by atoms with E-state index in [1.165, 1.54) is 0 Å². The van der Waals surface area contributed by atoms with Gasteiger partial charge in [-0.2, -0.15) is 0 Å². The minimum absolute atomic E-state index is 0.0524. The molecule has 0 aliphatic carbocycles. The standard InChI is InChI=1S/C15H22BrNO3/c1-15(2)8-11(4-5-20-15)17-9-10-6-12(16)14(18)13(7-10)19-3/h6-7,11,17-18H,4-5,8-9H2,1-3H3. The monoisotopic (exact) mass is 343 g/mol. The summed E-state index contributed by atoms with van der Waals surface area (Å²) in [7, 11) is 1.56. The molecule has 1 unspecified atom stereocenters. The topological polar surface area (TPSA) is 50.7 Å². The number of phenols is 1. The zero-order valence-electron chi connectivity index (χ0n) is 12.2. The van der Waals surface area contributed by atoms with Crippen LogP contribution in [0.5, 0.6) is 11.5 Å². The second-order valence-corrected chi connectivity index (χ2v) is 6.66. The van der Waals surface area contributed by atoms with Crippen molar-refractivity contribution in [2.45, 2.75) is 44.9 Å². The maximum absolute atomic E-state index is 9.80. The molecule has 0 amide bonds. The summed E-state index contributed by atoms with van der Waals surface area (Å²) in [5.74, 6) is 0.631. The molecule has 0 radical (unpaired) electrons. The van der Waals surface area contributed by atoms with Gasteiger partial charge in [-0.05, 0) is 60.3 Å². The van der Waals surface area contributed by atoms with E-state index >= 15 is 0 Å². The average molecular weight is 344 g/mol. The van der Waals surface area contributed by atoms with Crippen LogP contribution in [0.1, 0.15) is 32.3 Å². The normalized spacial score (nSPS) is 21.7. The molecule has 4 nitrogen and oxygen atoms in total. The number of rotatable bonds is 4. The first-order valence-corrected chi connectivity index (χ1v) is 7.63. The third-order valence-electron chi connectivity index (χ3n) is 3.60. The summed E-state index contributed by atoms with van der Waals surface area (Å²) in [4.78, 5) is 0. The van der Waals surface area contributed by atoms with Crippen LogP contribution in [0.4, 0.5) is 0 Å². The highest BCUT2D eigenvalue weighted by Crippen LogP contribution is 2.35. The predicted molar refractivity (Wildman–Crippen MR) is 82.3 cm³/mol. The van der Waals surface area contributed by atoms with Crippen molar-refractivity contribution in [1.82, 2.24) is 5.32 Å². The zero-order valence-corrected chi connectivity index (χ0v) is 13.8. The number of ether oxygens (including phenoxy) is 2. The number of halogens is 1. The van der Waals surface area contributed by atoms with Crippen molar-refractivity contribution in [1.29, 1.82) is 0 Å². The van der Waals surface area contributed by atoms with Crippen LogP contribution in [-0.4, -0.2) is 30.5 Å². The van der Waals surface area contributed by atoms with Crippen molar-refractivity contribution in [3.63, 3.8) is 0 Å². The van der Waals surface area contributed by atoms with Gasteiger partial charge in [-0.25, -0.2) is 0 Å². The number of benzene rings is 1. The molecule has 0 saturated carbocycles. The molecule has 0 spiro atoms. The van der Waals surface area contributed by atoms with Crippen LogP contribution in [0.2, 0.25) is 0 Å². The first-order chi connectivity index (χ1) is 9.41. The van der Waals surface area contributed by atoms with E-state index in [0.29, 0.717) is 16.3 Å². The molecule has 2 rings (SSSR count). The van der Waals surface area contributed by atoms with Crippen molar-refractivity contribution in [2.75, 3.05) is 13.7 Å². The highest BCUT2D eigenvalue weighted by Gasteiger charge is 2.28. The maximum atomic E-state index is 9.80. The molecule has 1 fully saturated rings. The third-order valence-corrected chi connectivity index (χ3v) is 4.20. The molecule has 1 aliphatic rings. The van der Waals surface area contributed by atoms with Crippen LogP contribution in [-0.2, 0) is 11.3 Å². The first kappa shape index (κ1) is 15.6. The molecule has 0 aromatic heterocycles. The van der Waals surface area contributed by atoms with E-state index < -0.39 is 0 Å². The molecule has 1 aromatic rings. The van der Waals surface area contributed by atoms with E-state index in [0.717, 1.165) is 31.6 Å². The van der Waals surface area contributed by atoms with Gasteiger partial charge in [0.25, 0.3) is 0 Å². The lowest BCUT2D eigenvalue weighted by Gasteiger charge is -2.36. The lowest BCUT2D eigenvalue weighted by Crippen LogP contribution is -2.43. The van der Waals surface area contributed by atoms with Crippen LogP contribution in [0.25, 0.3) is 0 Å². The molecule has 1 aliphatic heterocycles. The van der Waals surface area contributed by atoms with Crippen molar-refractivity contribution >= 4 is 15.9 Å². The Morgan fingerprint density at radius 1 is 1.50 bits per heavy atom. The van der Waals surface area contributed by atoms with E-state index in [1.54, 1.807) is 7.11 Å². The van der Waals surface area contributed by atoms with Gasteiger partial charge in [0.05, 0.1) is 17.2 Å². The average Bonchev–Trinajstić information content (AvgIpc) is 2.39. The molecule has 1 aromatic carbocycles. The van der Waals surface area contributed by atoms with Crippen molar-refractivity contribution in [2.24, 2.45) is 0 Å². The number of phenolic OH excluding ortho intramolecular Hbond substituents is 1. The fourth-order valence-corrected chi connectivity index (χ4v) is 3.04. The Balaban J connectivity index is 1.99. The Hall–Kier alpha value is -0.780. The minimum atomic E-state index is -0.0524. The molecule has 0 bridgehead atoms. The molecule has 1 saturated heterocycles. The maximum Gasteiger partial charge on any atom is 0.172 e. The lowest BCUT2D eigenvalue weighted by molar-refractivity contribution is -0.0630. The fraction of sp³-hybridized carbons (Fsp3) is 0.600. The van der Waals surface area contributed by atoms with E-state index in [2.05, 4.69) is 35.1 Å². The summed E-state index contributed by atoms with van der Waals surface area (Å²) < 4.78 is 11.5. The first-order valence-electron chi connectivity index (χ1n) is 6.84. The van der Waals surface area contributed by atoms with Crippen LogP contribution in [0.3, 0.4) is 0 Å². The predicted octanol–water partition coefficient (Wildman–Crippen LogP) is 3.21. The Bertz CT molecular complexity index is 476. The third kappa shape index (κ3) is 3.87. The largest absolute Gasteiger partial charge is 0.503 e. The van der Waals surface area contributed by atoms with Crippen molar-refractivity contribution < 1.29 is 14.6 Å². The Morgan fingerprint density at radius 3 is 2.90 bits per heavy atom. The molecule has 112 valence electrons. The summed E-state index contributed by atoms with van der Waals surface area (Å²) in [5.41, 5.74) is 1.03. The number of aromatic hydroxyl groups is 1. The Labute approximate surface area is 128 Å². The molecular formula is C15H22BrNO3. The van der Waals surface area contributed by atoms with Gasteiger partial charge in [-0.3, -0.25) is 0 Å². The Morgan fingerprint density at radius 2 is 2.25 bits per heavy atom.